The van der Waals surface area contributed by atoms with Gasteiger partial charge >= 0.3 is 0 Å². The Hall–Kier alpha value is -1.50. The molecule has 0 nitrogen and oxygen atoms in total. The van der Waals surface area contributed by atoms with E-state index in [1.54, 1.807) is 11.1 Å². The second-order valence-corrected chi connectivity index (χ2v) is 8.89. The molecule has 0 radical (unpaired) electrons. The van der Waals surface area contributed by atoms with E-state index in [9.17, 15) is 0 Å². The van der Waals surface area contributed by atoms with E-state index in [-0.39, 0.29) is 0 Å². The van der Waals surface area contributed by atoms with Crippen molar-refractivity contribution in [3.8, 4) is 11.1 Å². The molecule has 0 bridgehead atoms. The number of hydrogen-bond donors (Lipinski definition) is 0. The molecule has 2 saturated carbocycles. The summed E-state index contributed by atoms with van der Waals surface area (Å²) in [6.45, 7) is 0. The first-order valence-electron chi connectivity index (χ1n) is 11.0. The average Bonchev–Trinajstić information content (AvgIpc) is 2.99. The molecule has 1 heteroatoms. The van der Waals surface area contributed by atoms with Gasteiger partial charge in [-0.05, 0) is 59.8 Å². The van der Waals surface area contributed by atoms with Crippen molar-refractivity contribution in [1.29, 1.82) is 0 Å². The third-order valence-electron chi connectivity index (χ3n) is 6.97. The molecule has 0 atom stereocenters. The van der Waals surface area contributed by atoms with Gasteiger partial charge in [0.25, 0.3) is 0 Å². The molecule has 2 aromatic rings. The van der Waals surface area contributed by atoms with E-state index < -0.39 is 0 Å². The molecule has 26 heavy (non-hydrogen) atoms. The molecule has 0 aliphatic heterocycles. The Balaban J connectivity index is 1.44. The van der Waals surface area contributed by atoms with E-state index in [0.29, 0.717) is 0 Å². The zero-order valence-corrected chi connectivity index (χ0v) is 16.4. The van der Waals surface area contributed by atoms with Crippen molar-refractivity contribution in [2.45, 2.75) is 81.9 Å². The standard InChI is InChI=1S/C25H33B/c26-25-17-15-24(16-18-25)23-13-11-22(12-14-23)21-9-7-20(8-10-21)19-5-3-1-2-4-6-19/h7-14,19,24-25H,1-6,15-18,26H2. The summed E-state index contributed by atoms with van der Waals surface area (Å²) in [5.41, 5.74) is 5.84. The first-order chi connectivity index (χ1) is 12.8. The zero-order valence-electron chi connectivity index (χ0n) is 16.4. The van der Waals surface area contributed by atoms with Gasteiger partial charge in [-0.3, -0.25) is 0 Å². The number of benzene rings is 2. The van der Waals surface area contributed by atoms with Crippen molar-refractivity contribution in [2.24, 2.45) is 0 Å². The topological polar surface area (TPSA) is 0 Å². The predicted molar refractivity (Wildman–Crippen MR) is 116 cm³/mol. The summed E-state index contributed by atoms with van der Waals surface area (Å²) in [5, 5.41) is 0. The Morgan fingerprint density at radius 1 is 0.500 bits per heavy atom. The smallest absolute Gasteiger partial charge is 0.0697 e. The highest BCUT2D eigenvalue weighted by atomic mass is 14.2. The van der Waals surface area contributed by atoms with Crippen molar-refractivity contribution < 1.29 is 0 Å². The molecule has 2 aliphatic carbocycles. The maximum absolute atomic E-state index is 2.40. The van der Waals surface area contributed by atoms with Crippen LogP contribution in [-0.4, -0.2) is 7.85 Å². The van der Waals surface area contributed by atoms with E-state index in [1.807, 2.05) is 0 Å². The number of rotatable bonds is 3. The van der Waals surface area contributed by atoms with E-state index in [0.717, 1.165) is 17.7 Å². The molecule has 0 saturated heterocycles. The molecule has 0 unspecified atom stereocenters. The minimum Gasteiger partial charge on any atom is -0.0697 e. The monoisotopic (exact) mass is 344 g/mol. The highest BCUT2D eigenvalue weighted by molar-refractivity contribution is 6.11. The molecule has 136 valence electrons. The molecule has 0 N–H and O–H groups in total. The summed E-state index contributed by atoms with van der Waals surface area (Å²) in [5.74, 6) is 2.51. The fourth-order valence-corrected chi connectivity index (χ4v) is 5.10. The van der Waals surface area contributed by atoms with Gasteiger partial charge in [0, 0.05) is 0 Å². The fourth-order valence-electron chi connectivity index (χ4n) is 5.10. The van der Waals surface area contributed by atoms with Crippen LogP contribution in [0.1, 0.15) is 87.2 Å². The normalized spacial score (nSPS) is 24.9. The largest absolute Gasteiger partial charge is 0.105 e. The summed E-state index contributed by atoms with van der Waals surface area (Å²) in [7, 11) is 2.40. The summed E-state index contributed by atoms with van der Waals surface area (Å²) >= 11 is 0. The second kappa shape index (κ2) is 8.46. The molecule has 2 fully saturated rings. The average molecular weight is 344 g/mol. The molecular weight excluding hydrogens is 311 g/mol. The Kier molecular flexibility index (Phi) is 5.83. The van der Waals surface area contributed by atoms with Crippen LogP contribution in [0.25, 0.3) is 11.1 Å². The second-order valence-electron chi connectivity index (χ2n) is 8.89. The molecule has 0 spiro atoms. The highest BCUT2D eigenvalue weighted by Crippen LogP contribution is 2.38. The lowest BCUT2D eigenvalue weighted by Crippen LogP contribution is -2.09. The maximum atomic E-state index is 2.40. The van der Waals surface area contributed by atoms with Crippen molar-refractivity contribution in [2.75, 3.05) is 0 Å². The van der Waals surface area contributed by atoms with Gasteiger partial charge in [0.1, 0.15) is 7.85 Å². The van der Waals surface area contributed by atoms with Gasteiger partial charge in [-0.1, -0.05) is 92.9 Å². The molecule has 2 aliphatic rings. The van der Waals surface area contributed by atoms with Crippen molar-refractivity contribution in [3.63, 3.8) is 0 Å². The Labute approximate surface area is 160 Å². The SMILES string of the molecule is BC1CCC(c2ccc(-c3ccc(C4CCCCCC4)cc3)cc2)CC1. The predicted octanol–water partition coefficient (Wildman–Crippen LogP) is 6.87. The van der Waals surface area contributed by atoms with Crippen LogP contribution in [0.15, 0.2) is 48.5 Å². The molecular formula is C25H33B. The van der Waals surface area contributed by atoms with Gasteiger partial charge in [-0.25, -0.2) is 0 Å². The molecule has 4 rings (SSSR count). The minimum atomic E-state index is 0.790. The first-order valence-corrected chi connectivity index (χ1v) is 11.0. The lowest BCUT2D eigenvalue weighted by molar-refractivity contribution is 0.444. The lowest BCUT2D eigenvalue weighted by atomic mass is 9.70. The van der Waals surface area contributed by atoms with Crippen LogP contribution in [0.4, 0.5) is 0 Å². The molecule has 2 aromatic carbocycles. The van der Waals surface area contributed by atoms with Crippen LogP contribution in [0, 0.1) is 0 Å². The maximum Gasteiger partial charge on any atom is 0.105 e. The van der Waals surface area contributed by atoms with E-state index >= 15 is 0 Å². The number of hydrogen-bond acceptors (Lipinski definition) is 0. The lowest BCUT2D eigenvalue weighted by Gasteiger charge is -2.26. The summed E-state index contributed by atoms with van der Waals surface area (Å²) < 4.78 is 0. The van der Waals surface area contributed by atoms with Crippen LogP contribution >= 0.6 is 0 Å². The highest BCUT2D eigenvalue weighted by Gasteiger charge is 2.19. The zero-order chi connectivity index (χ0) is 17.8. The van der Waals surface area contributed by atoms with Crippen LogP contribution < -0.4 is 0 Å². The van der Waals surface area contributed by atoms with Crippen LogP contribution in [0.2, 0.25) is 5.82 Å². The van der Waals surface area contributed by atoms with Crippen molar-refractivity contribution in [1.82, 2.24) is 0 Å². The Morgan fingerprint density at radius 3 is 1.38 bits per heavy atom. The van der Waals surface area contributed by atoms with Crippen LogP contribution in [0.3, 0.4) is 0 Å². The molecule has 0 heterocycles. The van der Waals surface area contributed by atoms with Crippen molar-refractivity contribution in [3.05, 3.63) is 59.7 Å². The molecule has 0 aromatic heterocycles. The summed E-state index contributed by atoms with van der Waals surface area (Å²) in [4.78, 5) is 0. The van der Waals surface area contributed by atoms with E-state index in [2.05, 4.69) is 56.4 Å². The Bertz CT molecular complexity index is 669. The fraction of sp³-hybridized carbons (Fsp3) is 0.520. The first kappa shape index (κ1) is 17.9. The summed E-state index contributed by atoms with van der Waals surface area (Å²) in [6, 6.07) is 18.9. The Morgan fingerprint density at radius 2 is 0.923 bits per heavy atom. The van der Waals surface area contributed by atoms with Gasteiger partial charge < -0.3 is 0 Å². The minimum absolute atomic E-state index is 0.790. The quantitative estimate of drug-likeness (QED) is 0.421. The third kappa shape index (κ3) is 4.25. The van der Waals surface area contributed by atoms with Crippen molar-refractivity contribution >= 4 is 7.85 Å². The molecule has 0 amide bonds. The third-order valence-corrected chi connectivity index (χ3v) is 6.97. The van der Waals surface area contributed by atoms with Gasteiger partial charge in [0.05, 0.1) is 0 Å². The van der Waals surface area contributed by atoms with E-state index in [4.69, 9.17) is 0 Å². The van der Waals surface area contributed by atoms with Gasteiger partial charge in [0.2, 0.25) is 0 Å². The van der Waals surface area contributed by atoms with Crippen LogP contribution in [-0.2, 0) is 0 Å². The van der Waals surface area contributed by atoms with Gasteiger partial charge in [0.15, 0.2) is 0 Å². The van der Waals surface area contributed by atoms with E-state index in [1.165, 1.54) is 75.3 Å². The van der Waals surface area contributed by atoms with Gasteiger partial charge in [-0.2, -0.15) is 0 Å². The van der Waals surface area contributed by atoms with Gasteiger partial charge in [-0.15, -0.1) is 0 Å². The summed E-state index contributed by atoms with van der Waals surface area (Å²) in [6.07, 6.45) is 14.0. The van der Waals surface area contributed by atoms with Crippen LogP contribution in [0.5, 0.6) is 0 Å².